The van der Waals surface area contributed by atoms with Crippen LogP contribution in [0.1, 0.15) is 89.4 Å². The van der Waals surface area contributed by atoms with Crippen molar-refractivity contribution in [3.8, 4) is 0 Å². The van der Waals surface area contributed by atoms with E-state index in [-0.39, 0.29) is 17.9 Å². The first-order chi connectivity index (χ1) is 12.5. The lowest BCUT2D eigenvalue weighted by molar-refractivity contribution is -0.124. The highest BCUT2D eigenvalue weighted by Crippen LogP contribution is 2.33. The molecule has 6 nitrogen and oxygen atoms in total. The first kappa shape index (κ1) is 19.3. The van der Waals surface area contributed by atoms with Crippen molar-refractivity contribution in [2.75, 3.05) is 13.2 Å². The summed E-state index contributed by atoms with van der Waals surface area (Å²) in [4.78, 5) is 17.3. The van der Waals surface area contributed by atoms with Gasteiger partial charge in [0.15, 0.2) is 5.82 Å². The third-order valence-corrected chi connectivity index (χ3v) is 5.81. The minimum absolute atomic E-state index is 0.116. The number of nitrogens with zero attached hydrogens (tertiary/aromatic N) is 2. The van der Waals surface area contributed by atoms with Gasteiger partial charge in [0.25, 0.3) is 0 Å². The van der Waals surface area contributed by atoms with Crippen molar-refractivity contribution in [1.29, 1.82) is 0 Å². The van der Waals surface area contributed by atoms with Gasteiger partial charge >= 0.3 is 0 Å². The quantitative estimate of drug-likeness (QED) is 0.827. The summed E-state index contributed by atoms with van der Waals surface area (Å²) in [5.74, 6) is 3.10. The molecule has 2 fully saturated rings. The summed E-state index contributed by atoms with van der Waals surface area (Å²) in [6, 6.07) is -0.201. The van der Waals surface area contributed by atoms with E-state index in [0.717, 1.165) is 44.8 Å². The zero-order chi connectivity index (χ0) is 18.5. The van der Waals surface area contributed by atoms with Crippen molar-refractivity contribution in [2.45, 2.75) is 77.7 Å². The van der Waals surface area contributed by atoms with Gasteiger partial charge in [0.1, 0.15) is 6.04 Å². The summed E-state index contributed by atoms with van der Waals surface area (Å²) < 4.78 is 11.0. The van der Waals surface area contributed by atoms with Gasteiger partial charge in [-0.2, -0.15) is 4.98 Å². The fourth-order valence-electron chi connectivity index (χ4n) is 4.28. The van der Waals surface area contributed by atoms with Crippen molar-refractivity contribution in [3.05, 3.63) is 11.7 Å². The van der Waals surface area contributed by atoms with E-state index in [1.165, 1.54) is 12.8 Å². The maximum absolute atomic E-state index is 12.8. The number of nitrogens with one attached hydrogen (secondary N) is 1. The van der Waals surface area contributed by atoms with Crippen LogP contribution in [-0.4, -0.2) is 29.3 Å². The maximum Gasteiger partial charge on any atom is 0.249 e. The molecule has 0 bridgehead atoms. The molecule has 1 aliphatic carbocycles. The fourth-order valence-corrected chi connectivity index (χ4v) is 4.28. The second kappa shape index (κ2) is 8.98. The molecule has 3 unspecified atom stereocenters. The molecule has 1 saturated heterocycles. The zero-order valence-electron chi connectivity index (χ0n) is 16.4. The van der Waals surface area contributed by atoms with E-state index in [2.05, 4.69) is 22.4 Å². The largest absolute Gasteiger partial charge is 0.381 e. The fraction of sp³-hybridized carbons (Fsp3) is 0.850. The Kier molecular flexibility index (Phi) is 6.68. The third-order valence-electron chi connectivity index (χ3n) is 5.81. The van der Waals surface area contributed by atoms with E-state index in [1.807, 2.05) is 13.8 Å². The molecule has 1 saturated carbocycles. The zero-order valence-corrected chi connectivity index (χ0v) is 16.4. The molecule has 1 aromatic heterocycles. The van der Waals surface area contributed by atoms with Gasteiger partial charge in [0.05, 0.1) is 0 Å². The summed E-state index contributed by atoms with van der Waals surface area (Å²) in [5, 5.41) is 7.32. The first-order valence-corrected chi connectivity index (χ1v) is 10.2. The van der Waals surface area contributed by atoms with Gasteiger partial charge in [-0.15, -0.1) is 0 Å². The normalized spacial score (nSPS) is 26.0. The lowest BCUT2D eigenvalue weighted by Crippen LogP contribution is -2.37. The minimum atomic E-state index is -0.201. The number of hydrogen-bond acceptors (Lipinski definition) is 5. The van der Waals surface area contributed by atoms with E-state index in [9.17, 15) is 4.79 Å². The summed E-state index contributed by atoms with van der Waals surface area (Å²) in [7, 11) is 0. The lowest BCUT2D eigenvalue weighted by atomic mass is 9.80. The number of ether oxygens (including phenoxy) is 1. The Hall–Kier alpha value is -1.43. The molecule has 6 heteroatoms. The molecule has 1 aromatic rings. The average molecular weight is 364 g/mol. The Labute approximate surface area is 156 Å². The van der Waals surface area contributed by atoms with E-state index >= 15 is 0 Å². The lowest BCUT2D eigenvalue weighted by Gasteiger charge is -2.30. The van der Waals surface area contributed by atoms with Crippen LogP contribution in [0.5, 0.6) is 0 Å². The summed E-state index contributed by atoms with van der Waals surface area (Å²) in [5.41, 5.74) is 0. The molecule has 3 atom stereocenters. The van der Waals surface area contributed by atoms with Crippen molar-refractivity contribution < 1.29 is 14.1 Å². The Morgan fingerprint density at radius 2 is 2.00 bits per heavy atom. The van der Waals surface area contributed by atoms with Crippen LogP contribution in [0, 0.1) is 17.8 Å². The molecule has 1 N–H and O–H groups in total. The highest BCUT2D eigenvalue weighted by Gasteiger charge is 2.32. The van der Waals surface area contributed by atoms with Gasteiger partial charge in [-0.25, -0.2) is 0 Å². The number of rotatable bonds is 6. The Bertz CT molecular complexity index is 581. The molecule has 26 heavy (non-hydrogen) atoms. The minimum Gasteiger partial charge on any atom is -0.381 e. The topological polar surface area (TPSA) is 77.3 Å². The maximum atomic E-state index is 12.8. The van der Waals surface area contributed by atoms with Crippen molar-refractivity contribution in [1.82, 2.24) is 15.5 Å². The molecule has 3 rings (SSSR count). The van der Waals surface area contributed by atoms with Gasteiger partial charge in [0.2, 0.25) is 11.8 Å². The number of carbonyl (C=O) groups is 1. The molecule has 2 heterocycles. The molecular weight excluding hydrogens is 330 g/mol. The molecule has 0 radical (unpaired) electrons. The predicted octanol–water partition coefficient (Wildman–Crippen LogP) is 3.99. The standard InChI is InChI=1S/C20H33N3O3/c1-13(2)19-22-20(26-23-19)18(16-7-9-25-10-8-16)21-17(24)12-15-6-4-5-14(3)11-15/h13-16,18H,4-12H2,1-3H3,(H,21,24). The van der Waals surface area contributed by atoms with E-state index in [0.29, 0.717) is 30.0 Å². The van der Waals surface area contributed by atoms with E-state index < -0.39 is 0 Å². The predicted molar refractivity (Wildman–Crippen MR) is 98.6 cm³/mol. The van der Waals surface area contributed by atoms with Crippen molar-refractivity contribution in [2.24, 2.45) is 17.8 Å². The van der Waals surface area contributed by atoms with Crippen LogP contribution < -0.4 is 5.32 Å². The molecule has 1 aliphatic heterocycles. The van der Waals surface area contributed by atoms with E-state index in [1.54, 1.807) is 0 Å². The first-order valence-electron chi connectivity index (χ1n) is 10.2. The summed E-state index contributed by atoms with van der Waals surface area (Å²) >= 11 is 0. The SMILES string of the molecule is CC1CCCC(CC(=O)NC(c2nc(C(C)C)no2)C2CCOCC2)C1. The second-order valence-corrected chi connectivity index (χ2v) is 8.48. The highest BCUT2D eigenvalue weighted by molar-refractivity contribution is 5.76. The van der Waals surface area contributed by atoms with Crippen LogP contribution in [0.4, 0.5) is 0 Å². The van der Waals surface area contributed by atoms with Crippen LogP contribution in [0.2, 0.25) is 0 Å². The molecule has 146 valence electrons. The van der Waals surface area contributed by atoms with Gasteiger partial charge in [0, 0.05) is 25.6 Å². The van der Waals surface area contributed by atoms with Gasteiger partial charge in [-0.1, -0.05) is 38.8 Å². The molecular formula is C20H33N3O3. The highest BCUT2D eigenvalue weighted by atomic mass is 16.5. The van der Waals surface area contributed by atoms with Crippen molar-refractivity contribution >= 4 is 5.91 Å². The Morgan fingerprint density at radius 1 is 1.23 bits per heavy atom. The van der Waals surface area contributed by atoms with Crippen LogP contribution in [-0.2, 0) is 9.53 Å². The van der Waals surface area contributed by atoms with Crippen LogP contribution in [0.25, 0.3) is 0 Å². The molecule has 1 amide bonds. The third kappa shape index (κ3) is 5.06. The monoisotopic (exact) mass is 363 g/mol. The van der Waals surface area contributed by atoms with Gasteiger partial charge in [-0.3, -0.25) is 4.79 Å². The Balaban J connectivity index is 1.67. The smallest absolute Gasteiger partial charge is 0.249 e. The number of carbonyl (C=O) groups excluding carboxylic acids is 1. The Morgan fingerprint density at radius 3 is 2.65 bits per heavy atom. The van der Waals surface area contributed by atoms with Gasteiger partial charge in [-0.05, 0) is 43.4 Å². The number of amides is 1. The van der Waals surface area contributed by atoms with Crippen LogP contribution >= 0.6 is 0 Å². The summed E-state index contributed by atoms with van der Waals surface area (Å²) in [6.07, 6.45) is 7.28. The molecule has 0 spiro atoms. The van der Waals surface area contributed by atoms with Crippen LogP contribution in [0.3, 0.4) is 0 Å². The molecule has 2 aliphatic rings. The van der Waals surface area contributed by atoms with Crippen LogP contribution in [0.15, 0.2) is 4.52 Å². The average Bonchev–Trinajstić information content (AvgIpc) is 3.10. The van der Waals surface area contributed by atoms with Gasteiger partial charge < -0.3 is 14.6 Å². The summed E-state index contributed by atoms with van der Waals surface area (Å²) in [6.45, 7) is 7.83. The second-order valence-electron chi connectivity index (χ2n) is 8.48. The van der Waals surface area contributed by atoms with Crippen molar-refractivity contribution in [3.63, 3.8) is 0 Å². The molecule has 0 aromatic carbocycles. The number of hydrogen-bond donors (Lipinski definition) is 1. The van der Waals surface area contributed by atoms with E-state index in [4.69, 9.17) is 9.26 Å². The number of aromatic nitrogens is 2.